The molecule has 0 fully saturated rings. The van der Waals surface area contributed by atoms with Gasteiger partial charge in [-0.05, 0) is 36.2 Å². The molecule has 1 amide bonds. The van der Waals surface area contributed by atoms with Gasteiger partial charge in [-0.2, -0.15) is 0 Å². The van der Waals surface area contributed by atoms with E-state index in [4.69, 9.17) is 4.98 Å². The number of hydrogen-bond acceptors (Lipinski definition) is 4. The molecule has 4 aromatic rings. The molecular weight excluding hydrogens is 494 g/mol. The van der Waals surface area contributed by atoms with Crippen molar-refractivity contribution in [1.82, 2.24) is 14.5 Å². The van der Waals surface area contributed by atoms with E-state index in [1.54, 1.807) is 46.8 Å². The number of likely N-dealkylation sites (N-methyl/N-ethyl adjacent to an activating group) is 1. The van der Waals surface area contributed by atoms with Gasteiger partial charge in [0.2, 0.25) is 0 Å². The van der Waals surface area contributed by atoms with E-state index in [1.807, 2.05) is 42.5 Å². The average molecular weight is 518 g/mol. The maximum atomic E-state index is 13.3. The minimum Gasteiger partial charge on any atom is -0.341 e. The number of hydrogen-bond donors (Lipinski definition) is 0. The third kappa shape index (κ3) is 4.99. The molecule has 7 heteroatoms. The molecule has 0 aliphatic rings. The van der Waals surface area contributed by atoms with Gasteiger partial charge in [0.1, 0.15) is 5.82 Å². The van der Waals surface area contributed by atoms with E-state index >= 15 is 0 Å². The number of aromatic nitrogens is 2. The fourth-order valence-electron chi connectivity index (χ4n) is 3.94. The van der Waals surface area contributed by atoms with Crippen LogP contribution in [0.2, 0.25) is 0 Å². The summed E-state index contributed by atoms with van der Waals surface area (Å²) in [5.41, 5.74) is 2.37. The highest BCUT2D eigenvalue weighted by Gasteiger charge is 2.17. The lowest BCUT2D eigenvalue weighted by atomic mass is 10.1. The Morgan fingerprint density at radius 3 is 2.50 bits per heavy atom. The van der Waals surface area contributed by atoms with Crippen molar-refractivity contribution in [1.29, 1.82) is 0 Å². The van der Waals surface area contributed by atoms with Crippen LogP contribution in [0.25, 0.3) is 10.9 Å². The molecule has 0 aliphatic heterocycles. The molecule has 1 heterocycles. The van der Waals surface area contributed by atoms with Gasteiger partial charge < -0.3 is 4.90 Å². The van der Waals surface area contributed by atoms with Gasteiger partial charge in [0, 0.05) is 36.6 Å². The first kappa shape index (κ1) is 23.6. The molecule has 0 saturated heterocycles. The SMILES string of the molecule is CN(CCc1nc2ccccc2c(=O)n1CCc1ccccc1Br)C(=O)c1ccccc1C=O. The summed E-state index contributed by atoms with van der Waals surface area (Å²) in [5.74, 6) is 0.379. The second-order valence-electron chi connectivity index (χ2n) is 8.03. The van der Waals surface area contributed by atoms with Crippen LogP contribution in [0.15, 0.2) is 82.1 Å². The van der Waals surface area contributed by atoms with E-state index in [0.717, 1.165) is 10.0 Å². The number of para-hydroxylation sites is 1. The molecule has 0 bridgehead atoms. The molecule has 0 atom stereocenters. The van der Waals surface area contributed by atoms with E-state index in [9.17, 15) is 14.4 Å². The number of carbonyl (C=O) groups is 2. The fourth-order valence-corrected chi connectivity index (χ4v) is 4.42. The molecule has 0 saturated carbocycles. The van der Waals surface area contributed by atoms with Gasteiger partial charge in [0.25, 0.3) is 11.5 Å². The van der Waals surface area contributed by atoms with Crippen molar-refractivity contribution in [3.63, 3.8) is 0 Å². The lowest BCUT2D eigenvalue weighted by molar-refractivity contribution is 0.0792. The van der Waals surface area contributed by atoms with Crippen LogP contribution in [0.1, 0.15) is 32.1 Å². The lowest BCUT2D eigenvalue weighted by Crippen LogP contribution is -2.32. The zero-order valence-electron chi connectivity index (χ0n) is 18.8. The highest BCUT2D eigenvalue weighted by atomic mass is 79.9. The summed E-state index contributed by atoms with van der Waals surface area (Å²) < 4.78 is 2.71. The number of halogens is 1. The maximum Gasteiger partial charge on any atom is 0.261 e. The molecular formula is C27H24BrN3O3. The number of amides is 1. The Kier molecular flexibility index (Phi) is 7.33. The minimum atomic E-state index is -0.245. The zero-order valence-corrected chi connectivity index (χ0v) is 20.4. The minimum absolute atomic E-state index is 0.0899. The first-order chi connectivity index (χ1) is 16.5. The molecule has 0 spiro atoms. The van der Waals surface area contributed by atoms with Crippen LogP contribution in [0.5, 0.6) is 0 Å². The van der Waals surface area contributed by atoms with Gasteiger partial charge in [-0.1, -0.05) is 64.5 Å². The normalized spacial score (nSPS) is 10.9. The number of rotatable bonds is 8. The second-order valence-corrected chi connectivity index (χ2v) is 8.88. The quantitative estimate of drug-likeness (QED) is 0.322. The highest BCUT2D eigenvalue weighted by Crippen LogP contribution is 2.18. The van der Waals surface area contributed by atoms with Gasteiger partial charge in [0.15, 0.2) is 6.29 Å². The van der Waals surface area contributed by atoms with Crippen molar-refractivity contribution in [3.8, 4) is 0 Å². The molecule has 3 aromatic carbocycles. The van der Waals surface area contributed by atoms with Crippen molar-refractivity contribution < 1.29 is 9.59 Å². The van der Waals surface area contributed by atoms with Crippen LogP contribution in [0.4, 0.5) is 0 Å². The summed E-state index contributed by atoms with van der Waals surface area (Å²) in [6.07, 6.45) is 1.75. The monoisotopic (exact) mass is 517 g/mol. The van der Waals surface area contributed by atoms with Crippen LogP contribution in [-0.4, -0.2) is 40.2 Å². The largest absolute Gasteiger partial charge is 0.341 e. The molecule has 6 nitrogen and oxygen atoms in total. The molecule has 4 rings (SSSR count). The first-order valence-corrected chi connectivity index (χ1v) is 11.8. The topological polar surface area (TPSA) is 72.3 Å². The van der Waals surface area contributed by atoms with E-state index in [2.05, 4.69) is 15.9 Å². The average Bonchev–Trinajstić information content (AvgIpc) is 2.87. The molecule has 0 N–H and O–H groups in total. The predicted octanol–water partition coefficient (Wildman–Crippen LogP) is 4.53. The van der Waals surface area contributed by atoms with Crippen LogP contribution in [0, 0.1) is 0 Å². The van der Waals surface area contributed by atoms with Gasteiger partial charge in [0.05, 0.1) is 16.5 Å². The molecule has 0 unspecified atom stereocenters. The second kappa shape index (κ2) is 10.6. The highest BCUT2D eigenvalue weighted by molar-refractivity contribution is 9.10. The van der Waals surface area contributed by atoms with Gasteiger partial charge in [-0.15, -0.1) is 0 Å². The van der Waals surface area contributed by atoms with Crippen molar-refractivity contribution in [2.45, 2.75) is 19.4 Å². The van der Waals surface area contributed by atoms with E-state index < -0.39 is 0 Å². The Balaban J connectivity index is 1.61. The van der Waals surface area contributed by atoms with Crippen LogP contribution >= 0.6 is 15.9 Å². The van der Waals surface area contributed by atoms with Crippen LogP contribution in [0.3, 0.4) is 0 Å². The van der Waals surface area contributed by atoms with Crippen molar-refractivity contribution in [3.05, 3.63) is 110 Å². The van der Waals surface area contributed by atoms with E-state index in [-0.39, 0.29) is 11.5 Å². The third-order valence-electron chi connectivity index (χ3n) is 5.84. The number of fused-ring (bicyclic) bond motifs is 1. The number of nitrogens with zero attached hydrogens (tertiary/aromatic N) is 3. The van der Waals surface area contributed by atoms with E-state index in [0.29, 0.717) is 60.1 Å². The summed E-state index contributed by atoms with van der Waals surface area (Å²) in [7, 11) is 1.69. The third-order valence-corrected chi connectivity index (χ3v) is 6.61. The number of carbonyl (C=O) groups excluding carboxylic acids is 2. The Morgan fingerprint density at radius 1 is 1.00 bits per heavy atom. The predicted molar refractivity (Wildman–Crippen MR) is 136 cm³/mol. The van der Waals surface area contributed by atoms with Gasteiger partial charge in [-0.3, -0.25) is 19.0 Å². The Morgan fingerprint density at radius 2 is 1.71 bits per heavy atom. The number of aryl methyl sites for hydroxylation is 1. The molecule has 34 heavy (non-hydrogen) atoms. The Labute approximate surface area is 206 Å². The van der Waals surface area contributed by atoms with Crippen molar-refractivity contribution >= 4 is 39.0 Å². The Hall–Kier alpha value is -3.58. The van der Waals surface area contributed by atoms with Crippen molar-refractivity contribution in [2.24, 2.45) is 0 Å². The fraction of sp³-hybridized carbons (Fsp3) is 0.185. The standard InChI is InChI=1S/C27H24BrN3O3/c1-30(26(33)21-10-4-2-9-20(21)18-32)16-15-25-29-24-13-7-5-11-22(24)27(34)31(25)17-14-19-8-3-6-12-23(19)28/h2-13,18H,14-17H2,1H3. The van der Waals surface area contributed by atoms with Crippen LogP contribution < -0.4 is 5.56 Å². The maximum absolute atomic E-state index is 13.3. The first-order valence-electron chi connectivity index (χ1n) is 11.0. The smallest absolute Gasteiger partial charge is 0.261 e. The molecule has 172 valence electrons. The van der Waals surface area contributed by atoms with Crippen molar-refractivity contribution in [2.75, 3.05) is 13.6 Å². The molecule has 1 aromatic heterocycles. The van der Waals surface area contributed by atoms with E-state index in [1.165, 1.54) is 0 Å². The molecule has 0 aliphatic carbocycles. The number of benzene rings is 3. The van der Waals surface area contributed by atoms with Gasteiger partial charge >= 0.3 is 0 Å². The lowest BCUT2D eigenvalue weighted by Gasteiger charge is -2.20. The summed E-state index contributed by atoms with van der Waals surface area (Å²) in [4.78, 5) is 43.9. The van der Waals surface area contributed by atoms with Crippen LogP contribution in [-0.2, 0) is 19.4 Å². The summed E-state index contributed by atoms with van der Waals surface area (Å²) in [5, 5.41) is 0.572. The zero-order chi connectivity index (χ0) is 24.1. The summed E-state index contributed by atoms with van der Waals surface area (Å²) in [6, 6.07) is 22.0. The molecule has 0 radical (unpaired) electrons. The van der Waals surface area contributed by atoms with Gasteiger partial charge in [-0.25, -0.2) is 4.98 Å². The summed E-state index contributed by atoms with van der Waals surface area (Å²) >= 11 is 3.57. The Bertz CT molecular complexity index is 1410. The summed E-state index contributed by atoms with van der Waals surface area (Å²) in [6.45, 7) is 0.825. The number of aldehydes is 1.